The molecule has 3 nitrogen and oxygen atoms in total. The number of para-hydroxylation sites is 1. The number of anilines is 1. The van der Waals surface area contributed by atoms with Crippen LogP contribution < -0.4 is 10.2 Å². The Kier molecular flexibility index (Phi) is 4.44. The first-order valence-electron chi connectivity index (χ1n) is 7.97. The van der Waals surface area contributed by atoms with Crippen molar-refractivity contribution in [1.29, 1.82) is 0 Å². The predicted octanol–water partition coefficient (Wildman–Crippen LogP) is 3.45. The van der Waals surface area contributed by atoms with Crippen molar-refractivity contribution in [3.8, 4) is 0 Å². The van der Waals surface area contributed by atoms with Crippen LogP contribution in [0.4, 0.5) is 10.1 Å². The van der Waals surface area contributed by atoms with Crippen molar-refractivity contribution in [1.82, 2.24) is 5.32 Å². The number of nitrogens with zero attached hydrogens (tertiary/aromatic N) is 1. The zero-order valence-electron chi connectivity index (χ0n) is 13.4. The minimum Gasteiger partial charge on any atom is -0.310 e. The van der Waals surface area contributed by atoms with Crippen molar-refractivity contribution in [3.63, 3.8) is 0 Å². The van der Waals surface area contributed by atoms with E-state index < -0.39 is 0 Å². The number of fused-ring (bicyclic) bond motifs is 1. The summed E-state index contributed by atoms with van der Waals surface area (Å²) in [7, 11) is 0. The van der Waals surface area contributed by atoms with E-state index in [9.17, 15) is 9.18 Å². The van der Waals surface area contributed by atoms with Crippen molar-refractivity contribution < 1.29 is 9.18 Å². The highest BCUT2D eigenvalue weighted by molar-refractivity contribution is 5.98. The van der Waals surface area contributed by atoms with Crippen LogP contribution in [0.5, 0.6) is 0 Å². The maximum Gasteiger partial charge on any atom is 0.243 e. The second-order valence-corrected chi connectivity index (χ2v) is 6.03. The average Bonchev–Trinajstić information content (AvgIpc) is 2.98. The van der Waals surface area contributed by atoms with Crippen molar-refractivity contribution >= 4 is 11.6 Å². The van der Waals surface area contributed by atoms with E-state index >= 15 is 0 Å². The summed E-state index contributed by atoms with van der Waals surface area (Å²) in [5.41, 5.74) is 3.20. The molecule has 2 aromatic carbocycles. The molecule has 1 amide bonds. The van der Waals surface area contributed by atoms with Gasteiger partial charge in [0.2, 0.25) is 5.91 Å². The third kappa shape index (κ3) is 3.27. The van der Waals surface area contributed by atoms with Crippen LogP contribution >= 0.6 is 0 Å². The number of nitrogens with one attached hydrogen (secondary N) is 1. The van der Waals surface area contributed by atoms with Gasteiger partial charge < -0.3 is 4.90 Å². The summed E-state index contributed by atoms with van der Waals surface area (Å²) < 4.78 is 13.0. The molecule has 0 unspecified atom stereocenters. The summed E-state index contributed by atoms with van der Waals surface area (Å²) in [5, 5.41) is 3.31. The lowest BCUT2D eigenvalue weighted by molar-refractivity contribution is -0.120. The van der Waals surface area contributed by atoms with Crippen LogP contribution in [0.25, 0.3) is 0 Å². The first-order valence-corrected chi connectivity index (χ1v) is 7.97. The smallest absolute Gasteiger partial charge is 0.243 e. The van der Waals surface area contributed by atoms with E-state index in [1.807, 2.05) is 36.9 Å². The van der Waals surface area contributed by atoms with Gasteiger partial charge >= 0.3 is 0 Å². The summed E-state index contributed by atoms with van der Waals surface area (Å²) in [6.45, 7) is 4.59. The number of benzene rings is 2. The molecule has 3 rings (SSSR count). The molecule has 0 bridgehead atoms. The molecule has 0 fully saturated rings. The molecule has 2 atom stereocenters. The lowest BCUT2D eigenvalue weighted by Gasteiger charge is -2.25. The summed E-state index contributed by atoms with van der Waals surface area (Å²) in [5.74, 6) is -0.178. The molecule has 23 heavy (non-hydrogen) atoms. The Hall–Kier alpha value is -2.20. The van der Waals surface area contributed by atoms with Gasteiger partial charge in [0.05, 0.1) is 6.04 Å². The third-order valence-corrected chi connectivity index (χ3v) is 4.39. The standard InChI is InChI=1S/C19H21FN2O/c1-13(15-7-9-17(20)10-8-15)21-14(2)19(23)22-12-11-16-5-3-4-6-18(16)22/h3-10,13-14,21H,11-12H2,1-2H3/t13-,14-/m0/s1. The van der Waals surface area contributed by atoms with E-state index in [0.29, 0.717) is 0 Å². The number of halogens is 1. The predicted molar refractivity (Wildman–Crippen MR) is 89.9 cm³/mol. The Bertz CT molecular complexity index is 699. The molecule has 1 aliphatic rings. The van der Waals surface area contributed by atoms with Crippen LogP contribution in [0.15, 0.2) is 48.5 Å². The Morgan fingerprint density at radius 2 is 1.83 bits per heavy atom. The fourth-order valence-corrected chi connectivity index (χ4v) is 3.09. The molecule has 120 valence electrons. The molecule has 0 saturated carbocycles. The quantitative estimate of drug-likeness (QED) is 0.938. The van der Waals surface area contributed by atoms with Gasteiger partial charge in [-0.3, -0.25) is 10.1 Å². The van der Waals surface area contributed by atoms with Crippen molar-refractivity contribution in [2.45, 2.75) is 32.4 Å². The fraction of sp³-hybridized carbons (Fsp3) is 0.316. The minimum absolute atomic E-state index is 0.0209. The SMILES string of the molecule is C[C@H](N[C@@H](C)c1ccc(F)cc1)C(=O)N1CCc2ccccc21. The van der Waals surface area contributed by atoms with Gasteiger partial charge in [-0.1, -0.05) is 30.3 Å². The molecule has 0 radical (unpaired) electrons. The molecular formula is C19H21FN2O. The lowest BCUT2D eigenvalue weighted by atomic mass is 10.1. The zero-order valence-corrected chi connectivity index (χ0v) is 13.4. The summed E-state index contributed by atoms with van der Waals surface area (Å²) in [6, 6.07) is 14.1. The zero-order chi connectivity index (χ0) is 16.4. The largest absolute Gasteiger partial charge is 0.310 e. The number of carbonyl (C=O) groups excluding carboxylic acids is 1. The van der Waals surface area contributed by atoms with E-state index in [4.69, 9.17) is 0 Å². The molecule has 0 saturated heterocycles. The highest BCUT2D eigenvalue weighted by atomic mass is 19.1. The molecule has 0 aromatic heterocycles. The molecule has 2 aromatic rings. The van der Waals surface area contributed by atoms with Gasteiger partial charge in [-0.2, -0.15) is 0 Å². The maximum absolute atomic E-state index is 13.0. The molecule has 0 aliphatic carbocycles. The van der Waals surface area contributed by atoms with Crippen molar-refractivity contribution in [3.05, 3.63) is 65.5 Å². The first-order chi connectivity index (χ1) is 11.1. The van der Waals surface area contributed by atoms with Gasteiger partial charge in [-0.15, -0.1) is 0 Å². The first kappa shape index (κ1) is 15.7. The normalized spacial score (nSPS) is 16.0. The average molecular weight is 312 g/mol. The van der Waals surface area contributed by atoms with Crippen LogP contribution in [-0.4, -0.2) is 18.5 Å². The molecule has 1 N–H and O–H groups in total. The van der Waals surface area contributed by atoms with E-state index in [1.54, 1.807) is 12.1 Å². The molecule has 0 spiro atoms. The monoisotopic (exact) mass is 312 g/mol. The summed E-state index contributed by atoms with van der Waals surface area (Å²) >= 11 is 0. The van der Waals surface area contributed by atoms with E-state index in [1.165, 1.54) is 17.7 Å². The van der Waals surface area contributed by atoms with Crippen LogP contribution in [0.2, 0.25) is 0 Å². The van der Waals surface area contributed by atoms with E-state index in [2.05, 4.69) is 11.4 Å². The number of amides is 1. The Morgan fingerprint density at radius 1 is 1.13 bits per heavy atom. The van der Waals surface area contributed by atoms with Crippen molar-refractivity contribution in [2.24, 2.45) is 0 Å². The molecular weight excluding hydrogens is 291 g/mol. The maximum atomic E-state index is 13.0. The van der Waals surface area contributed by atoms with Gasteiger partial charge in [0.15, 0.2) is 0 Å². The van der Waals surface area contributed by atoms with Crippen LogP contribution in [0.1, 0.15) is 31.0 Å². The molecule has 4 heteroatoms. The number of hydrogen-bond acceptors (Lipinski definition) is 2. The van der Waals surface area contributed by atoms with E-state index in [0.717, 1.165) is 24.2 Å². The topological polar surface area (TPSA) is 32.3 Å². The lowest BCUT2D eigenvalue weighted by Crippen LogP contribution is -2.45. The van der Waals surface area contributed by atoms with Crippen LogP contribution in [-0.2, 0) is 11.2 Å². The fourth-order valence-electron chi connectivity index (χ4n) is 3.09. The third-order valence-electron chi connectivity index (χ3n) is 4.39. The number of carbonyl (C=O) groups is 1. The minimum atomic E-state index is -0.304. The molecule has 1 heterocycles. The van der Waals surface area contributed by atoms with Gasteiger partial charge in [0, 0.05) is 18.3 Å². The Morgan fingerprint density at radius 3 is 2.57 bits per heavy atom. The molecule has 1 aliphatic heterocycles. The van der Waals surface area contributed by atoms with Gasteiger partial charge in [0.1, 0.15) is 5.82 Å². The van der Waals surface area contributed by atoms with Gasteiger partial charge in [-0.25, -0.2) is 4.39 Å². The van der Waals surface area contributed by atoms with Gasteiger partial charge in [-0.05, 0) is 49.6 Å². The van der Waals surface area contributed by atoms with Gasteiger partial charge in [0.25, 0.3) is 0 Å². The number of hydrogen-bond donors (Lipinski definition) is 1. The summed E-state index contributed by atoms with van der Waals surface area (Å²) in [6.07, 6.45) is 0.905. The Labute approximate surface area is 136 Å². The second kappa shape index (κ2) is 6.50. The van der Waals surface area contributed by atoms with Crippen LogP contribution in [0.3, 0.4) is 0 Å². The number of rotatable bonds is 4. The van der Waals surface area contributed by atoms with Crippen molar-refractivity contribution in [2.75, 3.05) is 11.4 Å². The van der Waals surface area contributed by atoms with E-state index in [-0.39, 0.29) is 23.8 Å². The second-order valence-electron chi connectivity index (χ2n) is 6.03. The highest BCUT2D eigenvalue weighted by Gasteiger charge is 2.28. The summed E-state index contributed by atoms with van der Waals surface area (Å²) in [4.78, 5) is 14.6. The van der Waals surface area contributed by atoms with Crippen LogP contribution in [0, 0.1) is 5.82 Å². The Balaban J connectivity index is 1.67. The highest BCUT2D eigenvalue weighted by Crippen LogP contribution is 2.28.